The van der Waals surface area contributed by atoms with E-state index in [2.05, 4.69) is 5.32 Å². The number of amides is 1. The Hall–Kier alpha value is -2.38. The Morgan fingerprint density at radius 1 is 1.18 bits per heavy atom. The summed E-state index contributed by atoms with van der Waals surface area (Å²) in [6.45, 7) is 4.92. The molecule has 0 spiro atoms. The van der Waals surface area contributed by atoms with Crippen LogP contribution in [-0.2, 0) is 14.8 Å². The van der Waals surface area contributed by atoms with Crippen molar-refractivity contribution < 1.29 is 17.9 Å². The van der Waals surface area contributed by atoms with Gasteiger partial charge in [-0.3, -0.25) is 9.10 Å². The van der Waals surface area contributed by atoms with Crippen molar-refractivity contribution in [2.24, 2.45) is 0 Å². The summed E-state index contributed by atoms with van der Waals surface area (Å²) in [5.41, 5.74) is 2.66. The van der Waals surface area contributed by atoms with Crippen LogP contribution < -0.4 is 9.62 Å². The van der Waals surface area contributed by atoms with Gasteiger partial charge in [0.25, 0.3) is 15.9 Å². The third-order valence-electron chi connectivity index (χ3n) is 5.00. The zero-order chi connectivity index (χ0) is 20.3. The molecule has 150 valence electrons. The number of hydrogen-bond donors (Lipinski definition) is 1. The van der Waals surface area contributed by atoms with Gasteiger partial charge in [-0.25, -0.2) is 8.42 Å². The van der Waals surface area contributed by atoms with E-state index < -0.39 is 10.0 Å². The molecule has 0 aromatic heterocycles. The van der Waals surface area contributed by atoms with Gasteiger partial charge in [-0.2, -0.15) is 0 Å². The number of aryl methyl sites for hydroxylation is 2. The molecule has 7 heteroatoms. The number of sulfonamides is 1. The Balaban J connectivity index is 1.81. The van der Waals surface area contributed by atoms with Crippen LogP contribution in [0.5, 0.6) is 0 Å². The minimum absolute atomic E-state index is 0.0541. The lowest BCUT2D eigenvalue weighted by Crippen LogP contribution is -2.32. The van der Waals surface area contributed by atoms with E-state index in [0.29, 0.717) is 17.8 Å². The molecular weight excluding hydrogens is 376 g/mol. The largest absolute Gasteiger partial charge is 0.376 e. The summed E-state index contributed by atoms with van der Waals surface area (Å²) in [5.74, 6) is -0.238. The van der Waals surface area contributed by atoms with Crippen LogP contribution in [0.2, 0.25) is 0 Å². The molecule has 1 aliphatic rings. The smallest absolute Gasteiger partial charge is 0.264 e. The molecule has 1 atom stereocenters. The van der Waals surface area contributed by atoms with E-state index >= 15 is 0 Å². The molecule has 1 amide bonds. The molecule has 1 aliphatic heterocycles. The molecule has 0 saturated carbocycles. The van der Waals surface area contributed by atoms with E-state index in [4.69, 9.17) is 4.74 Å². The van der Waals surface area contributed by atoms with Crippen molar-refractivity contribution in [2.45, 2.75) is 37.7 Å². The fraction of sp³-hybridized carbons (Fsp3) is 0.381. The highest BCUT2D eigenvalue weighted by atomic mass is 32.2. The van der Waals surface area contributed by atoms with Crippen LogP contribution in [0.25, 0.3) is 0 Å². The highest BCUT2D eigenvalue weighted by molar-refractivity contribution is 7.92. The number of carbonyl (C=O) groups excluding carboxylic acids is 1. The van der Waals surface area contributed by atoms with Crippen LogP contribution >= 0.6 is 0 Å². The number of nitrogens with one attached hydrogen (secondary N) is 1. The number of benzene rings is 2. The Morgan fingerprint density at radius 2 is 1.89 bits per heavy atom. The molecule has 1 fully saturated rings. The maximum absolute atomic E-state index is 13.0. The number of anilines is 1. The average molecular weight is 403 g/mol. The number of carbonyl (C=O) groups is 1. The number of ether oxygens (including phenoxy) is 1. The first-order valence-corrected chi connectivity index (χ1v) is 10.8. The topological polar surface area (TPSA) is 75.7 Å². The average Bonchev–Trinajstić information content (AvgIpc) is 3.20. The molecule has 6 nitrogen and oxygen atoms in total. The van der Waals surface area contributed by atoms with E-state index in [1.54, 1.807) is 42.5 Å². The van der Waals surface area contributed by atoms with Crippen molar-refractivity contribution in [3.63, 3.8) is 0 Å². The number of hydrogen-bond acceptors (Lipinski definition) is 4. The molecule has 0 bridgehead atoms. The van der Waals surface area contributed by atoms with E-state index in [-0.39, 0.29) is 16.9 Å². The second kappa shape index (κ2) is 8.32. The van der Waals surface area contributed by atoms with Crippen LogP contribution in [0.1, 0.15) is 34.3 Å². The third kappa shape index (κ3) is 4.36. The van der Waals surface area contributed by atoms with Gasteiger partial charge in [0.05, 0.1) is 16.7 Å². The highest BCUT2D eigenvalue weighted by Gasteiger charge is 2.23. The Kier molecular flexibility index (Phi) is 6.05. The standard InChI is InChI=1S/C21H26N2O4S/c1-15-6-10-19(11-7-15)28(25,26)23(3)20-13-17(9-8-16(20)2)21(24)22-14-18-5-4-12-27-18/h6-11,13,18H,4-5,12,14H2,1-3H3,(H,22,24)/t18-/m0/s1. The van der Waals surface area contributed by atoms with Gasteiger partial charge in [0.1, 0.15) is 0 Å². The Labute approximate surface area is 166 Å². The third-order valence-corrected chi connectivity index (χ3v) is 6.79. The first kappa shape index (κ1) is 20.4. The monoisotopic (exact) mass is 402 g/mol. The molecule has 1 N–H and O–H groups in total. The van der Waals surface area contributed by atoms with Gasteiger partial charge >= 0.3 is 0 Å². The molecule has 0 radical (unpaired) electrons. The predicted octanol–water partition coefficient (Wildman–Crippen LogP) is 3.04. The van der Waals surface area contributed by atoms with Gasteiger partial charge in [-0.1, -0.05) is 23.8 Å². The lowest BCUT2D eigenvalue weighted by molar-refractivity contribution is 0.0858. The van der Waals surface area contributed by atoms with Gasteiger partial charge in [-0.15, -0.1) is 0 Å². The lowest BCUT2D eigenvalue weighted by Gasteiger charge is -2.22. The van der Waals surface area contributed by atoms with Crippen molar-refractivity contribution >= 4 is 21.6 Å². The molecule has 1 heterocycles. The summed E-state index contributed by atoms with van der Waals surface area (Å²) in [5, 5.41) is 2.87. The summed E-state index contributed by atoms with van der Waals surface area (Å²) >= 11 is 0. The summed E-state index contributed by atoms with van der Waals surface area (Å²) < 4.78 is 32.7. The maximum Gasteiger partial charge on any atom is 0.264 e. The van der Waals surface area contributed by atoms with Crippen LogP contribution in [0.15, 0.2) is 47.4 Å². The molecule has 2 aromatic carbocycles. The van der Waals surface area contributed by atoms with Crippen molar-refractivity contribution in [3.8, 4) is 0 Å². The molecule has 0 aliphatic carbocycles. The van der Waals surface area contributed by atoms with Gasteiger partial charge in [0.15, 0.2) is 0 Å². The summed E-state index contributed by atoms with van der Waals surface area (Å²) in [7, 11) is -2.21. The minimum Gasteiger partial charge on any atom is -0.376 e. The van der Waals surface area contributed by atoms with Gasteiger partial charge in [0.2, 0.25) is 0 Å². The lowest BCUT2D eigenvalue weighted by atomic mass is 10.1. The SMILES string of the molecule is Cc1ccc(S(=O)(=O)N(C)c2cc(C(=O)NC[C@@H]3CCCO3)ccc2C)cc1. The molecule has 0 unspecified atom stereocenters. The normalized spacial score (nSPS) is 16.8. The second-order valence-corrected chi connectivity index (χ2v) is 9.10. The van der Waals surface area contributed by atoms with Crippen molar-refractivity contribution in [1.29, 1.82) is 0 Å². The number of nitrogens with zero attached hydrogens (tertiary/aromatic N) is 1. The predicted molar refractivity (Wildman–Crippen MR) is 109 cm³/mol. The fourth-order valence-corrected chi connectivity index (χ4v) is 4.45. The second-order valence-electron chi connectivity index (χ2n) is 7.13. The highest BCUT2D eigenvalue weighted by Crippen LogP contribution is 2.26. The van der Waals surface area contributed by atoms with Gasteiger partial charge in [-0.05, 0) is 56.5 Å². The summed E-state index contributed by atoms with van der Waals surface area (Å²) in [6, 6.07) is 11.8. The van der Waals surface area contributed by atoms with Crippen LogP contribution in [-0.4, -0.2) is 40.6 Å². The Morgan fingerprint density at radius 3 is 2.54 bits per heavy atom. The molecule has 1 saturated heterocycles. The molecule has 2 aromatic rings. The quantitative estimate of drug-likeness (QED) is 0.806. The minimum atomic E-state index is -3.72. The zero-order valence-corrected chi connectivity index (χ0v) is 17.3. The van der Waals surface area contributed by atoms with Crippen LogP contribution in [0.3, 0.4) is 0 Å². The number of rotatable bonds is 6. The first-order chi connectivity index (χ1) is 13.3. The summed E-state index contributed by atoms with van der Waals surface area (Å²) in [4.78, 5) is 12.7. The van der Waals surface area contributed by atoms with Gasteiger partial charge < -0.3 is 10.1 Å². The zero-order valence-electron chi connectivity index (χ0n) is 16.4. The Bertz CT molecular complexity index is 949. The molecule has 3 rings (SSSR count). The van der Waals surface area contributed by atoms with E-state index in [0.717, 1.165) is 30.6 Å². The fourth-order valence-electron chi connectivity index (χ4n) is 3.20. The maximum atomic E-state index is 13.0. The van der Waals surface area contributed by atoms with E-state index in [1.807, 2.05) is 13.8 Å². The summed E-state index contributed by atoms with van der Waals surface area (Å²) in [6.07, 6.45) is 2.01. The van der Waals surface area contributed by atoms with Crippen molar-refractivity contribution in [3.05, 3.63) is 59.2 Å². The molecular formula is C21H26N2O4S. The van der Waals surface area contributed by atoms with Crippen LogP contribution in [0.4, 0.5) is 5.69 Å². The van der Waals surface area contributed by atoms with E-state index in [9.17, 15) is 13.2 Å². The van der Waals surface area contributed by atoms with Crippen molar-refractivity contribution in [1.82, 2.24) is 5.32 Å². The van der Waals surface area contributed by atoms with Crippen LogP contribution in [0, 0.1) is 13.8 Å². The molecule has 28 heavy (non-hydrogen) atoms. The first-order valence-electron chi connectivity index (χ1n) is 9.35. The van der Waals surface area contributed by atoms with Gasteiger partial charge in [0, 0.05) is 25.8 Å². The van der Waals surface area contributed by atoms with E-state index in [1.165, 1.54) is 11.4 Å². The van der Waals surface area contributed by atoms with Crippen molar-refractivity contribution in [2.75, 3.05) is 24.5 Å².